The van der Waals surface area contributed by atoms with E-state index in [2.05, 4.69) is 0 Å². The molecule has 8 heavy (non-hydrogen) atoms. The van der Waals surface area contributed by atoms with Crippen molar-refractivity contribution in [2.75, 3.05) is 0 Å². The summed E-state index contributed by atoms with van der Waals surface area (Å²) in [6.07, 6.45) is 2.71. The quantitative estimate of drug-likeness (QED) is 0.534. The van der Waals surface area contributed by atoms with E-state index in [9.17, 15) is 0 Å². The molecule has 0 aromatic rings. The van der Waals surface area contributed by atoms with Crippen LogP contribution in [0.15, 0.2) is 11.1 Å². The van der Waals surface area contributed by atoms with Gasteiger partial charge >= 0.3 is 0 Å². The Balaban J connectivity index is 3.56. The summed E-state index contributed by atoms with van der Waals surface area (Å²) in [6, 6.07) is 0. The molecule has 0 heterocycles. The minimum Gasteiger partial charge on any atom is -0.119 e. The predicted octanol–water partition coefficient (Wildman–Crippen LogP) is 3.15. The van der Waals surface area contributed by atoms with Gasteiger partial charge in [0.25, 0.3) is 0 Å². The maximum atomic E-state index is 5.64. The van der Waals surface area contributed by atoms with Crippen molar-refractivity contribution < 1.29 is 0 Å². The second-order valence-electron chi connectivity index (χ2n) is 1.64. The molecule has 0 nitrogen and oxygen atoms in total. The van der Waals surface area contributed by atoms with E-state index in [0.717, 1.165) is 11.5 Å². The summed E-state index contributed by atoms with van der Waals surface area (Å²) >= 11 is 11.2. The Hall–Kier alpha value is 0.320. The van der Waals surface area contributed by atoms with Gasteiger partial charge in [-0.25, -0.2) is 0 Å². The van der Waals surface area contributed by atoms with Gasteiger partial charge in [0.15, 0.2) is 0 Å². The van der Waals surface area contributed by atoms with Crippen LogP contribution in [0.1, 0.15) is 20.3 Å². The molecule has 0 aliphatic carbocycles. The van der Waals surface area contributed by atoms with Crippen molar-refractivity contribution >= 4 is 23.2 Å². The topological polar surface area (TPSA) is 0 Å². The van der Waals surface area contributed by atoms with Crippen molar-refractivity contribution in [3.63, 3.8) is 0 Å². The minimum atomic E-state index is 0.0578. The first kappa shape index (κ1) is 8.32. The van der Waals surface area contributed by atoms with Crippen molar-refractivity contribution in [2.24, 2.45) is 0 Å². The van der Waals surface area contributed by atoms with E-state index >= 15 is 0 Å². The van der Waals surface area contributed by atoms with Gasteiger partial charge in [-0.2, -0.15) is 0 Å². The van der Waals surface area contributed by atoms with Crippen LogP contribution in [0, 0.1) is 0 Å². The minimum absolute atomic E-state index is 0.0578. The fraction of sp³-hybridized carbons (Fsp3) is 0.667. The second-order valence-corrected chi connectivity index (χ2v) is 2.82. The SMILES string of the molecule is CC/C(Cl)=C\C(C)Cl. The summed E-state index contributed by atoms with van der Waals surface area (Å²) in [5, 5.41) is 0.898. The molecular formula is C6H10Cl2. The van der Waals surface area contributed by atoms with Crippen molar-refractivity contribution in [1.82, 2.24) is 0 Å². The average molecular weight is 153 g/mol. The lowest BCUT2D eigenvalue weighted by atomic mass is 10.3. The monoisotopic (exact) mass is 152 g/mol. The Bertz CT molecular complexity index is 84.5. The molecule has 1 atom stereocenters. The first-order valence-electron chi connectivity index (χ1n) is 2.67. The van der Waals surface area contributed by atoms with E-state index in [-0.39, 0.29) is 5.38 Å². The average Bonchev–Trinajstić information content (AvgIpc) is 1.65. The Morgan fingerprint density at radius 1 is 1.75 bits per heavy atom. The molecule has 0 radical (unpaired) electrons. The van der Waals surface area contributed by atoms with Crippen LogP contribution in [0.3, 0.4) is 0 Å². The highest BCUT2D eigenvalue weighted by molar-refractivity contribution is 6.30. The van der Waals surface area contributed by atoms with Gasteiger partial charge in [0.05, 0.1) is 5.38 Å². The van der Waals surface area contributed by atoms with E-state index < -0.39 is 0 Å². The molecule has 0 saturated heterocycles. The highest BCUT2D eigenvalue weighted by Gasteiger charge is 1.90. The number of hydrogen-bond donors (Lipinski definition) is 0. The molecule has 0 fully saturated rings. The van der Waals surface area contributed by atoms with Gasteiger partial charge in [0.1, 0.15) is 0 Å². The molecular weight excluding hydrogens is 143 g/mol. The highest BCUT2D eigenvalue weighted by Crippen LogP contribution is 2.09. The molecule has 0 aromatic carbocycles. The molecule has 1 unspecified atom stereocenters. The smallest absolute Gasteiger partial charge is 0.0501 e. The molecule has 2 heteroatoms. The summed E-state index contributed by atoms with van der Waals surface area (Å²) in [6.45, 7) is 3.89. The Morgan fingerprint density at radius 3 is 2.38 bits per heavy atom. The van der Waals surface area contributed by atoms with Gasteiger partial charge in [0, 0.05) is 5.03 Å². The summed E-state index contributed by atoms with van der Waals surface area (Å²) in [7, 11) is 0. The highest BCUT2D eigenvalue weighted by atomic mass is 35.5. The lowest BCUT2D eigenvalue weighted by Gasteiger charge is -1.92. The summed E-state index contributed by atoms with van der Waals surface area (Å²) < 4.78 is 0. The van der Waals surface area contributed by atoms with Crippen molar-refractivity contribution in [2.45, 2.75) is 25.6 Å². The summed E-state index contributed by atoms with van der Waals surface area (Å²) in [5.41, 5.74) is 0. The Kier molecular flexibility index (Phi) is 4.39. The zero-order valence-electron chi connectivity index (χ0n) is 5.12. The van der Waals surface area contributed by atoms with Crippen LogP contribution in [0.4, 0.5) is 0 Å². The first-order valence-corrected chi connectivity index (χ1v) is 3.48. The van der Waals surface area contributed by atoms with Gasteiger partial charge in [-0.15, -0.1) is 11.6 Å². The van der Waals surface area contributed by atoms with Crippen molar-refractivity contribution in [3.05, 3.63) is 11.1 Å². The number of halogens is 2. The van der Waals surface area contributed by atoms with E-state index in [4.69, 9.17) is 23.2 Å². The van der Waals surface area contributed by atoms with E-state index in [0.29, 0.717) is 0 Å². The zero-order valence-corrected chi connectivity index (χ0v) is 6.63. The largest absolute Gasteiger partial charge is 0.119 e. The molecule has 0 aromatic heterocycles. The van der Waals surface area contributed by atoms with Crippen molar-refractivity contribution in [3.8, 4) is 0 Å². The molecule has 0 bridgehead atoms. The maximum absolute atomic E-state index is 5.64. The van der Waals surface area contributed by atoms with Crippen LogP contribution in [0.5, 0.6) is 0 Å². The van der Waals surface area contributed by atoms with Crippen LogP contribution >= 0.6 is 23.2 Å². The van der Waals surface area contributed by atoms with Gasteiger partial charge in [0.2, 0.25) is 0 Å². The van der Waals surface area contributed by atoms with E-state index in [1.807, 2.05) is 19.9 Å². The summed E-state index contributed by atoms with van der Waals surface area (Å²) in [4.78, 5) is 0. The molecule has 0 saturated carbocycles. The first-order chi connectivity index (χ1) is 3.66. The van der Waals surface area contributed by atoms with Crippen LogP contribution in [0.25, 0.3) is 0 Å². The third kappa shape index (κ3) is 4.48. The van der Waals surface area contributed by atoms with Gasteiger partial charge < -0.3 is 0 Å². The molecule has 0 N–H and O–H groups in total. The third-order valence-corrected chi connectivity index (χ3v) is 1.27. The molecule has 48 valence electrons. The van der Waals surface area contributed by atoms with Crippen LogP contribution in [0.2, 0.25) is 0 Å². The van der Waals surface area contributed by atoms with Crippen LogP contribution in [-0.2, 0) is 0 Å². The van der Waals surface area contributed by atoms with Gasteiger partial charge in [-0.05, 0) is 13.3 Å². The number of rotatable bonds is 2. The Labute approximate surface area is 60.5 Å². The van der Waals surface area contributed by atoms with Crippen LogP contribution < -0.4 is 0 Å². The molecule has 0 rings (SSSR count). The zero-order chi connectivity index (χ0) is 6.57. The standard InChI is InChI=1S/C6H10Cl2/c1-3-6(8)4-5(2)7/h4-5H,3H2,1-2H3/b6-4+. The molecule has 0 aliphatic rings. The lowest BCUT2D eigenvalue weighted by Crippen LogP contribution is -1.82. The molecule has 0 spiro atoms. The lowest BCUT2D eigenvalue weighted by molar-refractivity contribution is 1.14. The molecule has 0 aliphatic heterocycles. The predicted molar refractivity (Wildman–Crippen MR) is 39.5 cm³/mol. The van der Waals surface area contributed by atoms with E-state index in [1.54, 1.807) is 0 Å². The van der Waals surface area contributed by atoms with E-state index in [1.165, 1.54) is 0 Å². The van der Waals surface area contributed by atoms with Gasteiger partial charge in [-0.1, -0.05) is 24.6 Å². The van der Waals surface area contributed by atoms with Crippen LogP contribution in [-0.4, -0.2) is 5.38 Å². The Morgan fingerprint density at radius 2 is 2.25 bits per heavy atom. The normalized spacial score (nSPS) is 16.2. The third-order valence-electron chi connectivity index (χ3n) is 0.748. The van der Waals surface area contributed by atoms with Crippen molar-refractivity contribution in [1.29, 1.82) is 0 Å². The fourth-order valence-corrected chi connectivity index (χ4v) is 0.773. The second kappa shape index (κ2) is 4.22. The maximum Gasteiger partial charge on any atom is 0.0501 e. The molecule has 0 amide bonds. The number of allylic oxidation sites excluding steroid dienone is 2. The fourth-order valence-electron chi connectivity index (χ4n) is 0.367. The number of hydrogen-bond acceptors (Lipinski definition) is 0. The number of alkyl halides is 1. The van der Waals surface area contributed by atoms with Gasteiger partial charge in [-0.3, -0.25) is 0 Å². The summed E-state index contributed by atoms with van der Waals surface area (Å²) in [5.74, 6) is 0.